The van der Waals surface area contributed by atoms with Crippen molar-refractivity contribution >= 4 is 27.6 Å². The molecule has 6 nitrogen and oxygen atoms in total. The molecule has 2 N–H and O–H groups in total. The van der Waals surface area contributed by atoms with Gasteiger partial charge in [-0.05, 0) is 49.1 Å². The van der Waals surface area contributed by atoms with Gasteiger partial charge in [0.25, 0.3) is 5.19 Å². The number of piperidine rings is 1. The molecule has 2 aromatic carbocycles. The van der Waals surface area contributed by atoms with E-state index in [1.54, 1.807) is 11.3 Å². The Morgan fingerprint density at radius 1 is 1.17 bits per heavy atom. The maximum absolute atomic E-state index is 11.8. The molecule has 0 atom stereocenters. The van der Waals surface area contributed by atoms with Crippen LogP contribution in [-0.2, 0) is 6.54 Å². The summed E-state index contributed by atoms with van der Waals surface area (Å²) in [6, 6.07) is 16.5. The Balaban J connectivity index is 1.24. The van der Waals surface area contributed by atoms with E-state index in [0.717, 1.165) is 61.4 Å². The number of fused-ring (bicyclic) bond motifs is 1. The zero-order valence-corrected chi connectivity index (χ0v) is 18.1. The summed E-state index contributed by atoms with van der Waals surface area (Å²) in [5.74, 6) is 0.804. The molecule has 1 aromatic heterocycles. The average Bonchev–Trinajstić information content (AvgIpc) is 3.17. The van der Waals surface area contributed by atoms with E-state index in [2.05, 4.69) is 45.6 Å². The number of likely N-dealkylation sites (tertiary alicyclic amines) is 1. The third-order valence-corrected chi connectivity index (χ3v) is 6.18. The van der Waals surface area contributed by atoms with Crippen molar-refractivity contribution in [1.29, 1.82) is 0 Å². The summed E-state index contributed by atoms with van der Waals surface area (Å²) in [5, 5.41) is 6.63. The molecule has 2 heterocycles. The van der Waals surface area contributed by atoms with Gasteiger partial charge in [0.05, 0.1) is 10.2 Å². The summed E-state index contributed by atoms with van der Waals surface area (Å²) in [6.45, 7) is 5.67. The van der Waals surface area contributed by atoms with E-state index in [1.807, 2.05) is 30.3 Å². The maximum Gasteiger partial charge on any atom is 0.315 e. The lowest BCUT2D eigenvalue weighted by molar-refractivity contribution is 0.186. The smallest absolute Gasteiger partial charge is 0.315 e. The van der Waals surface area contributed by atoms with Gasteiger partial charge in [-0.15, -0.1) is 0 Å². The molecule has 3 aromatic rings. The van der Waals surface area contributed by atoms with Gasteiger partial charge in [-0.1, -0.05) is 42.5 Å². The number of urea groups is 1. The molecule has 30 heavy (non-hydrogen) atoms. The van der Waals surface area contributed by atoms with E-state index >= 15 is 0 Å². The standard InChI is InChI=1S/C23H28N4O2S/c1-2-13-24-22(28)25-18-11-14-27(15-12-18)16-17-7-9-19(10-8-17)29-23-26-20-5-3-4-6-21(20)30-23/h3-10,18H,2,11-16H2,1H3,(H2,24,25,28). The molecule has 0 bridgehead atoms. The van der Waals surface area contributed by atoms with Crippen molar-refractivity contribution in [3.05, 3.63) is 54.1 Å². The molecule has 0 spiro atoms. The van der Waals surface area contributed by atoms with Crippen molar-refractivity contribution in [2.45, 2.75) is 38.8 Å². The van der Waals surface area contributed by atoms with Crippen LogP contribution in [0.5, 0.6) is 10.9 Å². The topological polar surface area (TPSA) is 66.5 Å². The van der Waals surface area contributed by atoms with E-state index in [4.69, 9.17) is 4.74 Å². The Morgan fingerprint density at radius 3 is 2.67 bits per heavy atom. The predicted molar refractivity (Wildman–Crippen MR) is 121 cm³/mol. The van der Waals surface area contributed by atoms with Gasteiger partial charge in [-0.3, -0.25) is 4.90 Å². The third kappa shape index (κ3) is 5.49. The van der Waals surface area contributed by atoms with Crippen molar-refractivity contribution in [2.75, 3.05) is 19.6 Å². The van der Waals surface area contributed by atoms with E-state index in [0.29, 0.717) is 5.19 Å². The van der Waals surface area contributed by atoms with E-state index in [9.17, 15) is 4.79 Å². The lowest BCUT2D eigenvalue weighted by Gasteiger charge is -2.32. The molecule has 1 aliphatic heterocycles. The zero-order chi connectivity index (χ0) is 20.8. The first-order valence-corrected chi connectivity index (χ1v) is 11.4. The fraction of sp³-hybridized carbons (Fsp3) is 0.391. The van der Waals surface area contributed by atoms with Crippen molar-refractivity contribution < 1.29 is 9.53 Å². The molecule has 0 radical (unpaired) electrons. The Hall–Kier alpha value is -2.64. The van der Waals surface area contributed by atoms with Crippen LogP contribution >= 0.6 is 11.3 Å². The molecule has 7 heteroatoms. The number of hydrogen-bond donors (Lipinski definition) is 2. The largest absolute Gasteiger partial charge is 0.431 e. The summed E-state index contributed by atoms with van der Waals surface area (Å²) in [7, 11) is 0. The second kappa shape index (κ2) is 9.91. The number of aromatic nitrogens is 1. The quantitative estimate of drug-likeness (QED) is 0.574. The van der Waals surface area contributed by atoms with Crippen LogP contribution in [0, 0.1) is 0 Å². The molecule has 0 unspecified atom stereocenters. The second-order valence-electron chi connectivity index (χ2n) is 7.64. The number of hydrogen-bond acceptors (Lipinski definition) is 5. The first-order chi connectivity index (χ1) is 14.7. The minimum Gasteiger partial charge on any atom is -0.431 e. The fourth-order valence-corrected chi connectivity index (χ4v) is 4.46. The van der Waals surface area contributed by atoms with Crippen LogP contribution in [0.4, 0.5) is 4.79 Å². The number of carbonyl (C=O) groups excluding carboxylic acids is 1. The highest BCUT2D eigenvalue weighted by molar-refractivity contribution is 7.20. The summed E-state index contributed by atoms with van der Waals surface area (Å²) in [6.07, 6.45) is 2.92. The maximum atomic E-state index is 11.8. The lowest BCUT2D eigenvalue weighted by Crippen LogP contribution is -2.47. The molecular weight excluding hydrogens is 396 g/mol. The minimum absolute atomic E-state index is 0.0426. The van der Waals surface area contributed by atoms with Crippen LogP contribution in [0.3, 0.4) is 0 Å². The Kier molecular flexibility index (Phi) is 6.81. The average molecular weight is 425 g/mol. The molecular formula is C23H28N4O2S. The number of benzene rings is 2. The summed E-state index contributed by atoms with van der Waals surface area (Å²) >= 11 is 1.56. The molecule has 4 rings (SSSR count). The van der Waals surface area contributed by atoms with Gasteiger partial charge >= 0.3 is 6.03 Å². The number of nitrogens with one attached hydrogen (secondary N) is 2. The third-order valence-electron chi connectivity index (χ3n) is 5.27. The van der Waals surface area contributed by atoms with Crippen molar-refractivity contribution in [1.82, 2.24) is 20.5 Å². The lowest BCUT2D eigenvalue weighted by atomic mass is 10.0. The van der Waals surface area contributed by atoms with Crippen molar-refractivity contribution in [3.63, 3.8) is 0 Å². The summed E-state index contributed by atoms with van der Waals surface area (Å²) in [4.78, 5) is 18.8. The van der Waals surface area contributed by atoms with E-state index in [1.165, 1.54) is 5.56 Å². The van der Waals surface area contributed by atoms with Gasteiger partial charge in [0, 0.05) is 32.2 Å². The van der Waals surface area contributed by atoms with Crippen molar-refractivity contribution in [3.8, 4) is 10.9 Å². The summed E-state index contributed by atoms with van der Waals surface area (Å²) in [5.41, 5.74) is 2.23. The highest BCUT2D eigenvalue weighted by Gasteiger charge is 2.20. The highest BCUT2D eigenvalue weighted by Crippen LogP contribution is 2.31. The number of thiazole rings is 1. The van der Waals surface area contributed by atoms with Gasteiger partial charge in [-0.25, -0.2) is 9.78 Å². The molecule has 1 aliphatic rings. The number of carbonyl (C=O) groups is 1. The number of ether oxygens (including phenoxy) is 1. The molecule has 2 amide bonds. The van der Waals surface area contributed by atoms with Gasteiger partial charge < -0.3 is 15.4 Å². The SMILES string of the molecule is CCCNC(=O)NC1CCN(Cc2ccc(Oc3nc4ccccc4s3)cc2)CC1. The molecule has 0 saturated carbocycles. The second-order valence-corrected chi connectivity index (χ2v) is 8.64. The number of rotatable bonds is 7. The molecule has 1 saturated heterocycles. The van der Waals surface area contributed by atoms with E-state index in [-0.39, 0.29) is 12.1 Å². The fourth-order valence-electron chi connectivity index (χ4n) is 3.63. The van der Waals surface area contributed by atoms with Crippen molar-refractivity contribution in [2.24, 2.45) is 0 Å². The Labute approximate surface area is 181 Å². The Morgan fingerprint density at radius 2 is 1.93 bits per heavy atom. The van der Waals surface area contributed by atoms with Crippen LogP contribution in [0.2, 0.25) is 0 Å². The van der Waals surface area contributed by atoms with Gasteiger partial charge in [-0.2, -0.15) is 0 Å². The monoisotopic (exact) mass is 424 g/mol. The number of para-hydroxylation sites is 1. The Bertz CT molecular complexity index is 932. The van der Waals surface area contributed by atoms with Crippen LogP contribution in [-0.4, -0.2) is 41.6 Å². The van der Waals surface area contributed by atoms with Gasteiger partial charge in [0.1, 0.15) is 5.75 Å². The van der Waals surface area contributed by atoms with E-state index < -0.39 is 0 Å². The first kappa shape index (κ1) is 20.6. The van der Waals surface area contributed by atoms with Crippen LogP contribution < -0.4 is 15.4 Å². The van der Waals surface area contributed by atoms with Gasteiger partial charge in [0.2, 0.25) is 0 Å². The first-order valence-electron chi connectivity index (χ1n) is 10.6. The van der Waals surface area contributed by atoms with Gasteiger partial charge in [0.15, 0.2) is 0 Å². The molecule has 158 valence electrons. The normalized spacial score (nSPS) is 15.2. The molecule has 0 aliphatic carbocycles. The van der Waals surface area contributed by atoms with Crippen LogP contribution in [0.1, 0.15) is 31.7 Å². The minimum atomic E-state index is -0.0426. The zero-order valence-electron chi connectivity index (χ0n) is 17.3. The number of nitrogens with zero attached hydrogens (tertiary/aromatic N) is 2. The van der Waals surface area contributed by atoms with Crippen LogP contribution in [0.25, 0.3) is 10.2 Å². The predicted octanol–water partition coefficient (Wildman–Crippen LogP) is 4.76. The molecule has 1 fully saturated rings. The summed E-state index contributed by atoms with van der Waals surface area (Å²) < 4.78 is 7.06. The van der Waals surface area contributed by atoms with Crippen LogP contribution in [0.15, 0.2) is 48.5 Å². The highest BCUT2D eigenvalue weighted by atomic mass is 32.1. The number of amides is 2.